The molecule has 0 unspecified atom stereocenters. The molecule has 0 radical (unpaired) electrons. The number of hydrogen-bond donors (Lipinski definition) is 2. The fraction of sp³-hybridized carbons (Fsp3) is 0.111. The summed E-state index contributed by atoms with van der Waals surface area (Å²) in [5, 5.41) is 8.34. The zero-order valence-electron chi connectivity index (χ0n) is 13.5. The minimum atomic E-state index is -0.154. The van der Waals surface area contributed by atoms with Gasteiger partial charge in [0.1, 0.15) is 5.01 Å². The highest BCUT2D eigenvalue weighted by Gasteiger charge is 2.08. The SMILES string of the molecule is CC(=O)Nc1ccc(-c2csc(CNC(=O)c3ccncc3)n2)cc1. The number of aromatic nitrogens is 2. The largest absolute Gasteiger partial charge is 0.346 e. The molecule has 3 aromatic rings. The van der Waals surface area contributed by atoms with Gasteiger partial charge in [0.05, 0.1) is 12.2 Å². The average Bonchev–Trinajstić information content (AvgIpc) is 3.09. The van der Waals surface area contributed by atoms with E-state index < -0.39 is 0 Å². The fourth-order valence-corrected chi connectivity index (χ4v) is 2.96. The summed E-state index contributed by atoms with van der Waals surface area (Å²) >= 11 is 1.49. The van der Waals surface area contributed by atoms with Gasteiger partial charge in [-0.15, -0.1) is 11.3 Å². The van der Waals surface area contributed by atoms with Crippen molar-refractivity contribution in [3.05, 3.63) is 64.7 Å². The first kappa shape index (κ1) is 16.8. The Hall–Kier alpha value is -3.06. The van der Waals surface area contributed by atoms with Crippen molar-refractivity contribution in [3.8, 4) is 11.3 Å². The Kier molecular flexibility index (Phi) is 5.15. The van der Waals surface area contributed by atoms with Crippen molar-refractivity contribution in [1.82, 2.24) is 15.3 Å². The Balaban J connectivity index is 1.62. The summed E-state index contributed by atoms with van der Waals surface area (Å²) in [6.45, 7) is 1.84. The first-order valence-corrected chi connectivity index (χ1v) is 8.50. The Morgan fingerprint density at radius 3 is 2.48 bits per heavy atom. The third kappa shape index (κ3) is 4.48. The molecule has 0 aliphatic rings. The van der Waals surface area contributed by atoms with Crippen molar-refractivity contribution in [2.45, 2.75) is 13.5 Å². The molecule has 0 bridgehead atoms. The first-order valence-electron chi connectivity index (χ1n) is 7.62. The van der Waals surface area contributed by atoms with Crippen molar-refractivity contribution < 1.29 is 9.59 Å². The van der Waals surface area contributed by atoms with Crippen LogP contribution in [-0.2, 0) is 11.3 Å². The van der Waals surface area contributed by atoms with Crippen LogP contribution in [-0.4, -0.2) is 21.8 Å². The lowest BCUT2D eigenvalue weighted by atomic mass is 10.1. The van der Waals surface area contributed by atoms with Crippen LogP contribution in [0.25, 0.3) is 11.3 Å². The molecule has 7 heteroatoms. The second-order valence-electron chi connectivity index (χ2n) is 5.30. The highest BCUT2D eigenvalue weighted by molar-refractivity contribution is 7.09. The van der Waals surface area contributed by atoms with E-state index in [1.54, 1.807) is 24.5 Å². The lowest BCUT2D eigenvalue weighted by Crippen LogP contribution is -2.22. The van der Waals surface area contributed by atoms with Crippen molar-refractivity contribution in [1.29, 1.82) is 0 Å². The molecule has 2 N–H and O–H groups in total. The minimum absolute atomic E-state index is 0.103. The molecule has 25 heavy (non-hydrogen) atoms. The number of amides is 2. The zero-order chi connectivity index (χ0) is 17.6. The van der Waals surface area contributed by atoms with Gasteiger partial charge in [0.15, 0.2) is 0 Å². The molecule has 0 saturated heterocycles. The monoisotopic (exact) mass is 352 g/mol. The van der Waals surface area contributed by atoms with Crippen LogP contribution in [0.5, 0.6) is 0 Å². The molecule has 126 valence electrons. The third-order valence-electron chi connectivity index (χ3n) is 3.40. The van der Waals surface area contributed by atoms with Gasteiger partial charge < -0.3 is 10.6 Å². The summed E-state index contributed by atoms with van der Waals surface area (Å²) in [7, 11) is 0. The van der Waals surface area contributed by atoms with E-state index in [1.807, 2.05) is 29.6 Å². The Labute approximate surface area is 149 Å². The molecule has 0 fully saturated rings. The number of rotatable bonds is 5. The number of anilines is 1. The highest BCUT2D eigenvalue weighted by atomic mass is 32.1. The summed E-state index contributed by atoms with van der Waals surface area (Å²) in [6.07, 6.45) is 3.17. The minimum Gasteiger partial charge on any atom is -0.346 e. The molecule has 2 heterocycles. The van der Waals surface area contributed by atoms with Crippen LogP contribution in [0, 0.1) is 0 Å². The van der Waals surface area contributed by atoms with Gasteiger partial charge in [-0.1, -0.05) is 12.1 Å². The summed E-state index contributed by atoms with van der Waals surface area (Å²) < 4.78 is 0. The quantitative estimate of drug-likeness (QED) is 0.739. The van der Waals surface area contributed by atoms with Gasteiger partial charge in [-0.25, -0.2) is 4.98 Å². The van der Waals surface area contributed by atoms with E-state index in [4.69, 9.17) is 0 Å². The van der Waals surface area contributed by atoms with Gasteiger partial charge in [-0.05, 0) is 24.3 Å². The summed E-state index contributed by atoms with van der Waals surface area (Å²) in [4.78, 5) is 31.5. The van der Waals surface area contributed by atoms with Crippen molar-refractivity contribution >= 4 is 28.8 Å². The number of carbonyl (C=O) groups is 2. The van der Waals surface area contributed by atoms with Crippen molar-refractivity contribution in [2.24, 2.45) is 0 Å². The third-order valence-corrected chi connectivity index (χ3v) is 4.24. The Morgan fingerprint density at radius 1 is 1.08 bits per heavy atom. The molecule has 0 aliphatic heterocycles. The number of benzene rings is 1. The number of carbonyl (C=O) groups excluding carboxylic acids is 2. The molecule has 0 aliphatic carbocycles. The van der Waals surface area contributed by atoms with Gasteiger partial charge in [0.25, 0.3) is 5.91 Å². The van der Waals surface area contributed by atoms with Crippen LogP contribution < -0.4 is 10.6 Å². The molecule has 0 saturated carbocycles. The molecular weight excluding hydrogens is 336 g/mol. The van der Waals surface area contributed by atoms with Gasteiger partial charge in [-0.2, -0.15) is 0 Å². The van der Waals surface area contributed by atoms with E-state index in [1.165, 1.54) is 18.3 Å². The maximum absolute atomic E-state index is 12.0. The number of pyridine rings is 1. The molecule has 2 amide bonds. The van der Waals surface area contributed by atoms with E-state index in [0.717, 1.165) is 22.0 Å². The van der Waals surface area contributed by atoms with Crippen LogP contribution in [0.15, 0.2) is 54.2 Å². The maximum atomic E-state index is 12.0. The molecule has 6 nitrogen and oxygen atoms in total. The molecule has 3 rings (SSSR count). The second-order valence-corrected chi connectivity index (χ2v) is 6.25. The highest BCUT2D eigenvalue weighted by Crippen LogP contribution is 2.23. The number of nitrogens with one attached hydrogen (secondary N) is 2. The maximum Gasteiger partial charge on any atom is 0.251 e. The van der Waals surface area contributed by atoms with E-state index in [0.29, 0.717) is 12.1 Å². The standard InChI is InChI=1S/C18H16N4O2S/c1-12(23)21-15-4-2-13(3-5-15)16-11-25-17(22-16)10-20-18(24)14-6-8-19-9-7-14/h2-9,11H,10H2,1H3,(H,20,24)(H,21,23). The van der Waals surface area contributed by atoms with Gasteiger partial charge in [-0.3, -0.25) is 14.6 Å². The molecule has 0 spiro atoms. The molecule has 1 aromatic carbocycles. The zero-order valence-corrected chi connectivity index (χ0v) is 14.3. The molecular formula is C18H16N4O2S. The van der Waals surface area contributed by atoms with Crippen LogP contribution in [0.2, 0.25) is 0 Å². The summed E-state index contributed by atoms with van der Waals surface area (Å²) in [5.41, 5.74) is 3.11. The predicted octanol–water partition coefficient (Wildman–Crippen LogP) is 3.09. The van der Waals surface area contributed by atoms with E-state index >= 15 is 0 Å². The topological polar surface area (TPSA) is 84.0 Å². The number of hydrogen-bond acceptors (Lipinski definition) is 5. The van der Waals surface area contributed by atoms with Crippen LogP contribution in [0.1, 0.15) is 22.3 Å². The van der Waals surface area contributed by atoms with Crippen LogP contribution in [0.4, 0.5) is 5.69 Å². The van der Waals surface area contributed by atoms with E-state index in [-0.39, 0.29) is 11.8 Å². The smallest absolute Gasteiger partial charge is 0.251 e. The lowest BCUT2D eigenvalue weighted by molar-refractivity contribution is -0.114. The van der Waals surface area contributed by atoms with Crippen molar-refractivity contribution in [3.63, 3.8) is 0 Å². The molecule has 0 atom stereocenters. The Morgan fingerprint density at radius 2 is 1.80 bits per heavy atom. The number of nitrogens with zero attached hydrogens (tertiary/aromatic N) is 2. The van der Waals surface area contributed by atoms with Crippen LogP contribution >= 0.6 is 11.3 Å². The lowest BCUT2D eigenvalue weighted by Gasteiger charge is -2.03. The van der Waals surface area contributed by atoms with Gasteiger partial charge in [0.2, 0.25) is 5.91 Å². The summed E-state index contributed by atoms with van der Waals surface area (Å²) in [6, 6.07) is 10.8. The van der Waals surface area contributed by atoms with Crippen molar-refractivity contribution in [2.75, 3.05) is 5.32 Å². The average molecular weight is 352 g/mol. The summed E-state index contributed by atoms with van der Waals surface area (Å²) in [5.74, 6) is -0.257. The van der Waals surface area contributed by atoms with E-state index in [2.05, 4.69) is 20.6 Å². The Bertz CT molecular complexity index is 876. The fourth-order valence-electron chi connectivity index (χ4n) is 2.21. The molecule has 2 aromatic heterocycles. The van der Waals surface area contributed by atoms with Crippen LogP contribution in [0.3, 0.4) is 0 Å². The van der Waals surface area contributed by atoms with Gasteiger partial charge in [0, 0.05) is 41.5 Å². The van der Waals surface area contributed by atoms with E-state index in [9.17, 15) is 9.59 Å². The second kappa shape index (κ2) is 7.67. The first-order chi connectivity index (χ1) is 12.1. The number of thiazole rings is 1. The van der Waals surface area contributed by atoms with Gasteiger partial charge >= 0.3 is 0 Å². The predicted molar refractivity (Wildman–Crippen MR) is 97.3 cm³/mol. The normalized spacial score (nSPS) is 10.3.